The molecule has 0 saturated carbocycles. The summed E-state index contributed by atoms with van der Waals surface area (Å²) in [6.45, 7) is 2.83. The third-order valence-corrected chi connectivity index (χ3v) is 4.09. The maximum atomic E-state index is 12.0. The van der Waals surface area contributed by atoms with Crippen LogP contribution in [0.25, 0.3) is 0 Å². The topological polar surface area (TPSA) is 78.9 Å². The summed E-state index contributed by atoms with van der Waals surface area (Å²) in [5.74, 6) is -0.486. The summed E-state index contributed by atoms with van der Waals surface area (Å²) < 4.78 is 4.85. The number of methoxy groups -OCH3 is 1. The van der Waals surface area contributed by atoms with Crippen LogP contribution in [0.15, 0.2) is 0 Å². The van der Waals surface area contributed by atoms with Crippen molar-refractivity contribution in [2.45, 2.75) is 31.2 Å². The minimum Gasteiger partial charge on any atom is -0.480 e. The number of thioether (sulfide) groups is 1. The molecule has 104 valence electrons. The lowest BCUT2D eigenvalue weighted by Crippen LogP contribution is -2.50. The van der Waals surface area contributed by atoms with Crippen molar-refractivity contribution in [1.82, 2.24) is 10.2 Å². The van der Waals surface area contributed by atoms with Crippen LogP contribution < -0.4 is 5.32 Å². The first kappa shape index (κ1) is 15.1. The van der Waals surface area contributed by atoms with E-state index in [4.69, 9.17) is 9.84 Å². The van der Waals surface area contributed by atoms with E-state index < -0.39 is 12.0 Å². The van der Waals surface area contributed by atoms with Crippen molar-refractivity contribution in [3.8, 4) is 0 Å². The first-order valence-electron chi connectivity index (χ1n) is 6.01. The van der Waals surface area contributed by atoms with Crippen LogP contribution in [0.4, 0.5) is 4.79 Å². The van der Waals surface area contributed by atoms with Crippen LogP contribution in [-0.2, 0) is 9.53 Å². The zero-order valence-electron chi connectivity index (χ0n) is 10.7. The van der Waals surface area contributed by atoms with Crippen LogP contribution in [0.1, 0.15) is 19.8 Å². The van der Waals surface area contributed by atoms with Crippen LogP contribution in [-0.4, -0.2) is 59.4 Å². The zero-order valence-corrected chi connectivity index (χ0v) is 11.5. The van der Waals surface area contributed by atoms with Crippen molar-refractivity contribution >= 4 is 23.8 Å². The van der Waals surface area contributed by atoms with E-state index in [0.29, 0.717) is 18.9 Å². The normalized spacial score (nSPS) is 23.1. The fourth-order valence-electron chi connectivity index (χ4n) is 1.85. The molecule has 1 aliphatic rings. The molecule has 0 aromatic heterocycles. The van der Waals surface area contributed by atoms with E-state index in [9.17, 15) is 9.59 Å². The largest absolute Gasteiger partial charge is 0.480 e. The number of nitrogens with zero attached hydrogens (tertiary/aromatic N) is 1. The van der Waals surface area contributed by atoms with Gasteiger partial charge in [-0.2, -0.15) is 0 Å². The molecule has 2 N–H and O–H groups in total. The second kappa shape index (κ2) is 7.48. The Kier molecular flexibility index (Phi) is 6.28. The number of ether oxygens (including phenoxy) is 1. The molecule has 0 aromatic rings. The van der Waals surface area contributed by atoms with E-state index in [1.807, 2.05) is 6.92 Å². The van der Waals surface area contributed by atoms with E-state index in [1.165, 1.54) is 16.7 Å². The molecule has 0 spiro atoms. The molecule has 0 aromatic carbocycles. The number of carboxylic acids is 1. The first-order valence-corrected chi connectivity index (χ1v) is 7.06. The summed E-state index contributed by atoms with van der Waals surface area (Å²) in [5, 5.41) is 11.8. The molecule has 7 heteroatoms. The molecule has 1 rings (SSSR count). The van der Waals surface area contributed by atoms with Crippen molar-refractivity contribution < 1.29 is 19.4 Å². The number of rotatable bonds is 6. The van der Waals surface area contributed by atoms with E-state index in [2.05, 4.69) is 5.32 Å². The number of hydrogen-bond donors (Lipinski definition) is 2. The average Bonchev–Trinajstić information content (AvgIpc) is 2.73. The van der Waals surface area contributed by atoms with Crippen LogP contribution in [0.3, 0.4) is 0 Å². The number of carbonyl (C=O) groups is 2. The summed E-state index contributed by atoms with van der Waals surface area (Å²) in [7, 11) is 1.55. The van der Waals surface area contributed by atoms with E-state index in [1.54, 1.807) is 7.11 Å². The summed E-state index contributed by atoms with van der Waals surface area (Å²) in [6, 6.07) is -1.04. The second-order valence-electron chi connectivity index (χ2n) is 4.06. The smallest absolute Gasteiger partial charge is 0.327 e. The highest BCUT2D eigenvalue weighted by atomic mass is 32.2. The van der Waals surface area contributed by atoms with Crippen LogP contribution in [0, 0.1) is 0 Å². The number of nitrogens with one attached hydrogen (secondary N) is 1. The monoisotopic (exact) mass is 276 g/mol. The molecule has 0 aliphatic carbocycles. The van der Waals surface area contributed by atoms with Gasteiger partial charge in [-0.15, -0.1) is 11.8 Å². The minimum absolute atomic E-state index is 0.0429. The molecule has 1 heterocycles. The SMILES string of the molecule is CCCC1SCC(C(=O)O)N1C(=O)NCCOC. The van der Waals surface area contributed by atoms with Gasteiger partial charge in [0.25, 0.3) is 0 Å². The number of carboxylic acid groups (broad SMARTS) is 1. The lowest BCUT2D eigenvalue weighted by molar-refractivity contribution is -0.141. The molecule has 18 heavy (non-hydrogen) atoms. The van der Waals surface area contributed by atoms with E-state index in [-0.39, 0.29) is 11.4 Å². The number of amides is 2. The average molecular weight is 276 g/mol. The third kappa shape index (κ3) is 3.78. The maximum Gasteiger partial charge on any atom is 0.327 e. The number of urea groups is 1. The molecular weight excluding hydrogens is 256 g/mol. The molecule has 2 atom stereocenters. The quantitative estimate of drug-likeness (QED) is 0.707. The summed E-state index contributed by atoms with van der Waals surface area (Å²) >= 11 is 1.53. The van der Waals surface area contributed by atoms with Gasteiger partial charge in [-0.3, -0.25) is 4.90 Å². The highest BCUT2D eigenvalue weighted by Crippen LogP contribution is 2.32. The van der Waals surface area contributed by atoms with Gasteiger partial charge in [0.1, 0.15) is 6.04 Å². The molecule has 0 bridgehead atoms. The predicted molar refractivity (Wildman–Crippen MR) is 69.7 cm³/mol. The van der Waals surface area contributed by atoms with Crippen molar-refractivity contribution in [3.63, 3.8) is 0 Å². The molecule has 1 saturated heterocycles. The molecule has 1 aliphatic heterocycles. The fraction of sp³-hybridized carbons (Fsp3) is 0.818. The number of carbonyl (C=O) groups excluding carboxylic acids is 1. The Hall–Kier alpha value is -0.950. The Morgan fingerprint density at radius 3 is 2.83 bits per heavy atom. The van der Waals surface area contributed by atoms with Gasteiger partial charge in [0.2, 0.25) is 0 Å². The first-order chi connectivity index (χ1) is 8.61. The molecule has 0 radical (unpaired) electrons. The summed E-state index contributed by atoms with van der Waals surface area (Å²) in [6.07, 6.45) is 1.73. The number of aliphatic carboxylic acids is 1. The van der Waals surface area contributed by atoms with Crippen molar-refractivity contribution in [1.29, 1.82) is 0 Å². The Morgan fingerprint density at radius 1 is 1.56 bits per heavy atom. The Morgan fingerprint density at radius 2 is 2.28 bits per heavy atom. The Labute approximate surface area is 111 Å². The third-order valence-electron chi connectivity index (χ3n) is 2.73. The van der Waals surface area contributed by atoms with Crippen LogP contribution >= 0.6 is 11.8 Å². The molecular formula is C11H20N2O4S. The molecule has 2 amide bonds. The zero-order chi connectivity index (χ0) is 13.5. The van der Waals surface area contributed by atoms with Gasteiger partial charge in [-0.25, -0.2) is 9.59 Å². The lowest BCUT2D eigenvalue weighted by atomic mass is 10.2. The Bertz CT molecular complexity index is 301. The van der Waals surface area contributed by atoms with Crippen LogP contribution in [0.2, 0.25) is 0 Å². The van der Waals surface area contributed by atoms with Crippen LogP contribution in [0.5, 0.6) is 0 Å². The summed E-state index contributed by atoms with van der Waals surface area (Å²) in [4.78, 5) is 24.6. The van der Waals surface area contributed by atoms with Gasteiger partial charge < -0.3 is 15.2 Å². The second-order valence-corrected chi connectivity index (χ2v) is 5.27. The molecule has 2 unspecified atom stereocenters. The molecule has 1 fully saturated rings. The van der Waals surface area contributed by atoms with Crippen molar-refractivity contribution in [2.75, 3.05) is 26.0 Å². The highest BCUT2D eigenvalue weighted by Gasteiger charge is 2.40. The lowest BCUT2D eigenvalue weighted by Gasteiger charge is -2.27. The van der Waals surface area contributed by atoms with Gasteiger partial charge in [0.05, 0.1) is 12.0 Å². The van der Waals surface area contributed by atoms with Gasteiger partial charge in [0, 0.05) is 19.4 Å². The van der Waals surface area contributed by atoms with Gasteiger partial charge in [0.15, 0.2) is 0 Å². The van der Waals surface area contributed by atoms with Gasteiger partial charge >= 0.3 is 12.0 Å². The highest BCUT2D eigenvalue weighted by molar-refractivity contribution is 8.00. The number of hydrogen-bond acceptors (Lipinski definition) is 4. The molecule has 6 nitrogen and oxygen atoms in total. The van der Waals surface area contributed by atoms with E-state index >= 15 is 0 Å². The Balaban J connectivity index is 2.63. The van der Waals surface area contributed by atoms with E-state index in [0.717, 1.165) is 12.8 Å². The predicted octanol–water partition coefficient (Wildman–Crippen LogP) is 0.971. The standard InChI is InChI=1S/C11H20N2O4S/c1-3-4-9-13(8(7-18-9)10(14)15)11(16)12-5-6-17-2/h8-9H,3-7H2,1-2H3,(H,12,16)(H,14,15). The van der Waals surface area contributed by atoms with Gasteiger partial charge in [-0.1, -0.05) is 13.3 Å². The van der Waals surface area contributed by atoms with Gasteiger partial charge in [-0.05, 0) is 6.42 Å². The summed E-state index contributed by atoms with van der Waals surface area (Å²) in [5.41, 5.74) is 0. The fourth-order valence-corrected chi connectivity index (χ4v) is 3.36. The van der Waals surface area contributed by atoms with Crippen molar-refractivity contribution in [2.24, 2.45) is 0 Å². The minimum atomic E-state index is -0.942. The maximum absolute atomic E-state index is 12.0. The van der Waals surface area contributed by atoms with Crippen molar-refractivity contribution in [3.05, 3.63) is 0 Å².